The van der Waals surface area contributed by atoms with Gasteiger partial charge in [-0.05, 0) is 35.9 Å². The van der Waals surface area contributed by atoms with Gasteiger partial charge in [0.05, 0.1) is 5.52 Å². The summed E-state index contributed by atoms with van der Waals surface area (Å²) in [5, 5.41) is 8.45. The predicted octanol–water partition coefficient (Wildman–Crippen LogP) is 3.10. The highest BCUT2D eigenvalue weighted by atomic mass is 16.5. The van der Waals surface area contributed by atoms with Crippen LogP contribution in [-0.2, 0) is 6.61 Å². The van der Waals surface area contributed by atoms with E-state index >= 15 is 0 Å². The molecule has 0 bridgehead atoms. The van der Waals surface area contributed by atoms with Crippen molar-refractivity contribution >= 4 is 16.7 Å². The minimum absolute atomic E-state index is 0.0613. The molecule has 104 valence electrons. The van der Waals surface area contributed by atoms with Crippen molar-refractivity contribution in [3.8, 4) is 5.75 Å². The van der Waals surface area contributed by atoms with Gasteiger partial charge in [-0.3, -0.25) is 10.4 Å². The summed E-state index contributed by atoms with van der Waals surface area (Å²) in [4.78, 5) is 4.31. The highest BCUT2D eigenvalue weighted by molar-refractivity contribution is 5.95. The summed E-state index contributed by atoms with van der Waals surface area (Å²) in [6.45, 7) is 0.426. The highest BCUT2D eigenvalue weighted by Crippen LogP contribution is 2.24. The Morgan fingerprint density at radius 2 is 1.95 bits per heavy atom. The molecular weight excluding hydrogens is 262 g/mol. The highest BCUT2D eigenvalue weighted by Gasteiger charge is 2.04. The molecule has 0 saturated carbocycles. The number of ether oxygens (including phenoxy) is 1. The summed E-state index contributed by atoms with van der Waals surface area (Å²) < 4.78 is 5.89. The van der Waals surface area contributed by atoms with E-state index in [9.17, 15) is 0 Å². The maximum Gasteiger partial charge on any atom is 0.129 e. The average molecular weight is 277 g/mol. The van der Waals surface area contributed by atoms with Gasteiger partial charge in [0, 0.05) is 17.1 Å². The standard InChI is InChI=1S/C17H15N3O/c18-17(19)13-5-1-4-12(10-13)11-21-16-8-2-7-15-14(16)6-3-9-20-15/h1-10H,11H2,(H3,18,19). The number of amidine groups is 1. The maximum absolute atomic E-state index is 7.46. The number of pyridine rings is 1. The summed E-state index contributed by atoms with van der Waals surface area (Å²) in [7, 11) is 0. The van der Waals surface area contributed by atoms with Gasteiger partial charge in [0.1, 0.15) is 18.2 Å². The molecule has 1 heterocycles. The lowest BCUT2D eigenvalue weighted by molar-refractivity contribution is 0.310. The normalized spacial score (nSPS) is 10.5. The summed E-state index contributed by atoms with van der Waals surface area (Å²) in [6.07, 6.45) is 1.77. The lowest BCUT2D eigenvalue weighted by atomic mass is 10.1. The molecule has 0 atom stereocenters. The first-order valence-corrected chi connectivity index (χ1v) is 6.64. The van der Waals surface area contributed by atoms with Gasteiger partial charge in [0.2, 0.25) is 0 Å². The van der Waals surface area contributed by atoms with Crippen molar-refractivity contribution in [2.24, 2.45) is 5.73 Å². The van der Waals surface area contributed by atoms with Gasteiger partial charge >= 0.3 is 0 Å². The summed E-state index contributed by atoms with van der Waals surface area (Å²) in [6, 6.07) is 17.2. The second kappa shape index (κ2) is 5.63. The Labute approximate surface area is 122 Å². The Bertz CT molecular complexity index is 793. The molecule has 0 aliphatic carbocycles. The Hall–Kier alpha value is -2.88. The number of rotatable bonds is 4. The van der Waals surface area contributed by atoms with Gasteiger partial charge in [0.25, 0.3) is 0 Å². The summed E-state index contributed by atoms with van der Waals surface area (Å²) >= 11 is 0. The van der Waals surface area contributed by atoms with Crippen molar-refractivity contribution in [2.75, 3.05) is 0 Å². The monoisotopic (exact) mass is 277 g/mol. The zero-order chi connectivity index (χ0) is 14.7. The Morgan fingerprint density at radius 1 is 1.10 bits per heavy atom. The van der Waals surface area contributed by atoms with E-state index in [1.165, 1.54) is 0 Å². The molecule has 0 radical (unpaired) electrons. The zero-order valence-electron chi connectivity index (χ0n) is 11.4. The van der Waals surface area contributed by atoms with Gasteiger partial charge in [-0.2, -0.15) is 0 Å². The van der Waals surface area contributed by atoms with Crippen LogP contribution in [0.15, 0.2) is 60.8 Å². The minimum atomic E-state index is 0.0613. The molecule has 0 unspecified atom stereocenters. The van der Waals surface area contributed by atoms with E-state index in [1.54, 1.807) is 6.20 Å². The van der Waals surface area contributed by atoms with E-state index in [-0.39, 0.29) is 5.84 Å². The molecule has 1 aromatic heterocycles. The van der Waals surface area contributed by atoms with Crippen molar-refractivity contribution in [3.05, 3.63) is 71.9 Å². The van der Waals surface area contributed by atoms with Gasteiger partial charge in [-0.15, -0.1) is 0 Å². The number of nitrogen functional groups attached to an aromatic ring is 1. The molecule has 0 spiro atoms. The number of aromatic nitrogens is 1. The molecule has 0 aliphatic heterocycles. The number of benzene rings is 2. The Kier molecular flexibility index (Phi) is 3.51. The molecule has 0 saturated heterocycles. The van der Waals surface area contributed by atoms with Gasteiger partial charge in [-0.25, -0.2) is 0 Å². The SMILES string of the molecule is N=C(N)c1cccc(COc2cccc3ncccc23)c1. The summed E-state index contributed by atoms with van der Waals surface area (Å²) in [5.74, 6) is 0.861. The average Bonchev–Trinajstić information content (AvgIpc) is 2.53. The quantitative estimate of drug-likeness (QED) is 0.568. The van der Waals surface area contributed by atoms with Crippen LogP contribution in [0.3, 0.4) is 0 Å². The number of nitrogens with two attached hydrogens (primary N) is 1. The van der Waals surface area contributed by atoms with Crippen LogP contribution in [0.4, 0.5) is 0 Å². The van der Waals surface area contributed by atoms with Crippen LogP contribution in [0.1, 0.15) is 11.1 Å². The van der Waals surface area contributed by atoms with Crippen molar-refractivity contribution in [1.29, 1.82) is 5.41 Å². The molecular formula is C17H15N3O. The molecule has 3 aromatic rings. The molecule has 0 aliphatic rings. The van der Waals surface area contributed by atoms with Crippen molar-refractivity contribution < 1.29 is 4.74 Å². The fourth-order valence-electron chi connectivity index (χ4n) is 2.19. The van der Waals surface area contributed by atoms with E-state index in [2.05, 4.69) is 4.98 Å². The maximum atomic E-state index is 7.46. The molecule has 0 amide bonds. The number of hydrogen-bond acceptors (Lipinski definition) is 3. The van der Waals surface area contributed by atoms with E-state index in [0.717, 1.165) is 22.2 Å². The van der Waals surface area contributed by atoms with E-state index < -0.39 is 0 Å². The Morgan fingerprint density at radius 3 is 2.81 bits per heavy atom. The Balaban J connectivity index is 1.84. The van der Waals surface area contributed by atoms with Crippen molar-refractivity contribution in [2.45, 2.75) is 6.61 Å². The van der Waals surface area contributed by atoms with Crippen LogP contribution < -0.4 is 10.5 Å². The minimum Gasteiger partial charge on any atom is -0.488 e. The molecule has 4 heteroatoms. The number of hydrogen-bond donors (Lipinski definition) is 2. The lowest BCUT2D eigenvalue weighted by Crippen LogP contribution is -2.11. The van der Waals surface area contributed by atoms with Crippen LogP contribution >= 0.6 is 0 Å². The molecule has 4 nitrogen and oxygen atoms in total. The summed E-state index contributed by atoms with van der Waals surface area (Å²) in [5.41, 5.74) is 8.09. The van der Waals surface area contributed by atoms with E-state index in [0.29, 0.717) is 12.2 Å². The van der Waals surface area contributed by atoms with Crippen LogP contribution in [0, 0.1) is 5.41 Å². The smallest absolute Gasteiger partial charge is 0.129 e. The fraction of sp³-hybridized carbons (Fsp3) is 0.0588. The third kappa shape index (κ3) is 2.84. The fourth-order valence-corrected chi connectivity index (χ4v) is 2.19. The van der Waals surface area contributed by atoms with Crippen LogP contribution in [-0.4, -0.2) is 10.8 Å². The van der Waals surface area contributed by atoms with Gasteiger partial charge < -0.3 is 10.5 Å². The van der Waals surface area contributed by atoms with E-state index in [1.807, 2.05) is 54.6 Å². The van der Waals surface area contributed by atoms with E-state index in [4.69, 9.17) is 15.9 Å². The molecule has 21 heavy (non-hydrogen) atoms. The largest absolute Gasteiger partial charge is 0.488 e. The third-order valence-electron chi connectivity index (χ3n) is 3.24. The zero-order valence-corrected chi connectivity index (χ0v) is 11.4. The molecule has 3 rings (SSSR count). The number of nitrogens with zero attached hydrogens (tertiary/aromatic N) is 1. The molecule has 3 N–H and O–H groups in total. The predicted molar refractivity (Wildman–Crippen MR) is 83.5 cm³/mol. The first-order chi connectivity index (χ1) is 10.2. The van der Waals surface area contributed by atoms with Crippen LogP contribution in [0.5, 0.6) is 5.75 Å². The van der Waals surface area contributed by atoms with Gasteiger partial charge in [0.15, 0.2) is 0 Å². The lowest BCUT2D eigenvalue weighted by Gasteiger charge is -2.09. The molecule has 0 fully saturated rings. The molecule has 2 aromatic carbocycles. The first kappa shape index (κ1) is 13.1. The topological polar surface area (TPSA) is 72.0 Å². The van der Waals surface area contributed by atoms with Crippen LogP contribution in [0.25, 0.3) is 10.9 Å². The first-order valence-electron chi connectivity index (χ1n) is 6.64. The third-order valence-corrected chi connectivity index (χ3v) is 3.24. The van der Waals surface area contributed by atoms with Crippen molar-refractivity contribution in [3.63, 3.8) is 0 Å². The number of nitrogens with one attached hydrogen (secondary N) is 1. The van der Waals surface area contributed by atoms with Crippen LogP contribution in [0.2, 0.25) is 0 Å². The second-order valence-electron chi connectivity index (χ2n) is 4.73. The second-order valence-corrected chi connectivity index (χ2v) is 4.73. The van der Waals surface area contributed by atoms with Crippen molar-refractivity contribution in [1.82, 2.24) is 4.98 Å². The number of fused-ring (bicyclic) bond motifs is 1. The van der Waals surface area contributed by atoms with Gasteiger partial charge in [-0.1, -0.05) is 24.3 Å².